The van der Waals surface area contributed by atoms with E-state index >= 15 is 0 Å². The Morgan fingerprint density at radius 3 is 2.30 bits per heavy atom. The van der Waals surface area contributed by atoms with E-state index in [0.29, 0.717) is 28.3 Å². The highest BCUT2D eigenvalue weighted by atomic mass is 16.6. The molecule has 0 atom stereocenters. The molecule has 7 heteroatoms. The van der Waals surface area contributed by atoms with Crippen molar-refractivity contribution in [1.82, 2.24) is 0 Å². The molecule has 0 unspecified atom stereocenters. The van der Waals surface area contributed by atoms with E-state index in [1.165, 1.54) is 26.4 Å². The van der Waals surface area contributed by atoms with Crippen LogP contribution in [0.25, 0.3) is 6.08 Å². The zero-order valence-electron chi connectivity index (χ0n) is 18.4. The van der Waals surface area contributed by atoms with Gasteiger partial charge in [0.05, 0.1) is 19.8 Å². The van der Waals surface area contributed by atoms with Gasteiger partial charge in [0.1, 0.15) is 17.4 Å². The van der Waals surface area contributed by atoms with E-state index in [0.717, 1.165) is 5.56 Å². The molecular weight excluding hydrogens is 420 g/mol. The van der Waals surface area contributed by atoms with Crippen LogP contribution in [0.15, 0.2) is 72.3 Å². The average molecular weight is 442 g/mol. The number of carbonyl (C=O) groups is 2. The quantitative estimate of drug-likeness (QED) is 0.245. The Labute approximate surface area is 191 Å². The molecular formula is C26H22N2O5. The Hall–Kier alpha value is -4.57. The van der Waals surface area contributed by atoms with Crippen LogP contribution in [-0.4, -0.2) is 26.1 Å². The van der Waals surface area contributed by atoms with Crippen molar-refractivity contribution in [2.24, 2.45) is 0 Å². The highest BCUT2D eigenvalue weighted by Gasteiger charge is 2.15. The first kappa shape index (κ1) is 23.1. The van der Waals surface area contributed by atoms with Gasteiger partial charge in [0.2, 0.25) is 0 Å². The third-order valence-electron chi connectivity index (χ3n) is 4.79. The molecule has 0 radical (unpaired) electrons. The molecule has 3 aromatic carbocycles. The molecule has 0 heterocycles. The zero-order chi connectivity index (χ0) is 23.8. The standard InChI is InChI=1S/C26H22N2O5/c1-17-6-4-5-7-22(17)28-25(29)20(16-27)14-18-8-13-23(32-3)24(15-18)33-26(30)19-9-11-21(31-2)12-10-19/h4-15H,1-3H3,(H,28,29)/b20-14+. The van der Waals surface area contributed by atoms with Gasteiger partial charge in [-0.1, -0.05) is 24.3 Å². The predicted octanol–water partition coefficient (Wildman–Crippen LogP) is 4.78. The van der Waals surface area contributed by atoms with E-state index in [2.05, 4.69) is 5.32 Å². The minimum absolute atomic E-state index is 0.101. The van der Waals surface area contributed by atoms with Crippen molar-refractivity contribution in [3.63, 3.8) is 0 Å². The number of aryl methyl sites for hydroxylation is 1. The number of esters is 1. The first-order valence-corrected chi connectivity index (χ1v) is 9.98. The lowest BCUT2D eigenvalue weighted by atomic mass is 10.1. The van der Waals surface area contributed by atoms with E-state index in [-0.39, 0.29) is 11.3 Å². The van der Waals surface area contributed by atoms with Crippen LogP contribution in [0.1, 0.15) is 21.5 Å². The lowest BCUT2D eigenvalue weighted by Crippen LogP contribution is -2.14. The van der Waals surface area contributed by atoms with Crippen LogP contribution in [0.2, 0.25) is 0 Å². The van der Waals surface area contributed by atoms with Crippen molar-refractivity contribution < 1.29 is 23.8 Å². The molecule has 3 rings (SSSR count). The fraction of sp³-hybridized carbons (Fsp3) is 0.115. The summed E-state index contributed by atoms with van der Waals surface area (Å²) in [6, 6.07) is 20.4. The Morgan fingerprint density at radius 2 is 1.67 bits per heavy atom. The molecule has 1 amide bonds. The molecule has 0 fully saturated rings. The maximum atomic E-state index is 12.6. The summed E-state index contributed by atoms with van der Waals surface area (Å²) in [5, 5.41) is 12.2. The van der Waals surface area contributed by atoms with Gasteiger partial charge < -0.3 is 19.5 Å². The van der Waals surface area contributed by atoms with Crippen molar-refractivity contribution >= 4 is 23.6 Å². The number of hydrogen-bond donors (Lipinski definition) is 1. The average Bonchev–Trinajstić information content (AvgIpc) is 2.84. The monoisotopic (exact) mass is 442 g/mol. The van der Waals surface area contributed by atoms with Crippen LogP contribution in [0.5, 0.6) is 17.2 Å². The van der Waals surface area contributed by atoms with Crippen molar-refractivity contribution in [2.45, 2.75) is 6.92 Å². The second-order valence-electron chi connectivity index (χ2n) is 6.97. The zero-order valence-corrected chi connectivity index (χ0v) is 18.4. The summed E-state index contributed by atoms with van der Waals surface area (Å²) in [4.78, 5) is 25.2. The third kappa shape index (κ3) is 5.77. The number of ether oxygens (including phenoxy) is 3. The van der Waals surface area contributed by atoms with E-state index < -0.39 is 11.9 Å². The fourth-order valence-electron chi connectivity index (χ4n) is 2.97. The molecule has 0 spiro atoms. The molecule has 166 valence electrons. The summed E-state index contributed by atoms with van der Waals surface area (Å²) >= 11 is 0. The second-order valence-corrected chi connectivity index (χ2v) is 6.97. The topological polar surface area (TPSA) is 97.7 Å². The van der Waals surface area contributed by atoms with Gasteiger partial charge in [0, 0.05) is 5.69 Å². The van der Waals surface area contributed by atoms with Crippen molar-refractivity contribution in [3.8, 4) is 23.3 Å². The minimum atomic E-state index is -0.588. The second kappa shape index (κ2) is 10.6. The number of nitrogens with one attached hydrogen (secondary N) is 1. The molecule has 0 aliphatic rings. The number of methoxy groups -OCH3 is 2. The Bertz CT molecular complexity index is 1240. The number of para-hydroxylation sites is 1. The van der Waals surface area contributed by atoms with Gasteiger partial charge in [0.15, 0.2) is 11.5 Å². The van der Waals surface area contributed by atoms with Crippen molar-refractivity contribution in [2.75, 3.05) is 19.5 Å². The Morgan fingerprint density at radius 1 is 0.939 bits per heavy atom. The van der Waals surface area contributed by atoms with E-state index in [4.69, 9.17) is 14.2 Å². The molecule has 33 heavy (non-hydrogen) atoms. The minimum Gasteiger partial charge on any atom is -0.497 e. The Kier molecular flexibility index (Phi) is 7.45. The maximum absolute atomic E-state index is 12.6. The first-order valence-electron chi connectivity index (χ1n) is 9.98. The van der Waals surface area contributed by atoms with Gasteiger partial charge in [0.25, 0.3) is 5.91 Å². The summed E-state index contributed by atoms with van der Waals surface area (Å²) < 4.78 is 15.9. The molecule has 0 bridgehead atoms. The van der Waals surface area contributed by atoms with Crippen LogP contribution in [0, 0.1) is 18.3 Å². The molecule has 0 saturated carbocycles. The maximum Gasteiger partial charge on any atom is 0.343 e. The normalized spacial score (nSPS) is 10.7. The lowest BCUT2D eigenvalue weighted by Gasteiger charge is -2.11. The summed E-state index contributed by atoms with van der Waals surface area (Å²) in [7, 11) is 2.99. The number of rotatable bonds is 7. The SMILES string of the molecule is COc1ccc(C(=O)Oc2cc(/C=C(\C#N)C(=O)Nc3ccccc3C)ccc2OC)cc1. The molecule has 3 aromatic rings. The summed E-state index contributed by atoms with van der Waals surface area (Å²) in [5.74, 6) is -0.0286. The molecule has 7 nitrogen and oxygen atoms in total. The highest BCUT2D eigenvalue weighted by Crippen LogP contribution is 2.30. The van der Waals surface area contributed by atoms with Gasteiger partial charge >= 0.3 is 5.97 Å². The van der Waals surface area contributed by atoms with Crippen LogP contribution < -0.4 is 19.5 Å². The van der Waals surface area contributed by atoms with Crippen LogP contribution in [0.4, 0.5) is 5.69 Å². The summed E-state index contributed by atoms with van der Waals surface area (Å²) in [6.45, 7) is 1.86. The predicted molar refractivity (Wildman–Crippen MR) is 124 cm³/mol. The van der Waals surface area contributed by atoms with Gasteiger partial charge in [-0.3, -0.25) is 4.79 Å². The van der Waals surface area contributed by atoms with Gasteiger partial charge in [-0.25, -0.2) is 4.79 Å². The van der Waals surface area contributed by atoms with E-state index in [1.807, 2.05) is 25.1 Å². The number of hydrogen-bond acceptors (Lipinski definition) is 6. The number of nitrogens with zero attached hydrogens (tertiary/aromatic N) is 1. The number of benzene rings is 3. The van der Waals surface area contributed by atoms with Gasteiger partial charge in [-0.15, -0.1) is 0 Å². The van der Waals surface area contributed by atoms with Crippen molar-refractivity contribution in [3.05, 3.63) is 89.0 Å². The van der Waals surface area contributed by atoms with E-state index in [1.54, 1.807) is 48.5 Å². The van der Waals surface area contributed by atoms with Crippen LogP contribution in [0.3, 0.4) is 0 Å². The highest BCUT2D eigenvalue weighted by molar-refractivity contribution is 6.10. The molecule has 0 saturated heterocycles. The number of amides is 1. The smallest absolute Gasteiger partial charge is 0.343 e. The lowest BCUT2D eigenvalue weighted by molar-refractivity contribution is -0.112. The molecule has 1 N–H and O–H groups in total. The largest absolute Gasteiger partial charge is 0.497 e. The van der Waals surface area contributed by atoms with Crippen LogP contribution >= 0.6 is 0 Å². The number of carbonyl (C=O) groups excluding carboxylic acids is 2. The van der Waals surface area contributed by atoms with Crippen LogP contribution in [-0.2, 0) is 4.79 Å². The van der Waals surface area contributed by atoms with Gasteiger partial charge in [-0.2, -0.15) is 5.26 Å². The first-order chi connectivity index (χ1) is 15.9. The Balaban J connectivity index is 1.84. The number of anilines is 1. The number of nitriles is 1. The van der Waals surface area contributed by atoms with Gasteiger partial charge in [-0.05, 0) is 66.6 Å². The van der Waals surface area contributed by atoms with Crippen molar-refractivity contribution in [1.29, 1.82) is 5.26 Å². The summed E-state index contributed by atoms with van der Waals surface area (Å²) in [5.41, 5.74) is 2.21. The molecule has 0 aliphatic heterocycles. The van der Waals surface area contributed by atoms with E-state index in [9.17, 15) is 14.9 Å². The summed E-state index contributed by atoms with van der Waals surface area (Å²) in [6.07, 6.45) is 1.41. The third-order valence-corrected chi connectivity index (χ3v) is 4.79. The molecule has 0 aliphatic carbocycles. The fourth-order valence-corrected chi connectivity index (χ4v) is 2.97. The molecule has 0 aromatic heterocycles.